The Morgan fingerprint density at radius 2 is 1.90 bits per heavy atom. The van der Waals surface area contributed by atoms with Crippen LogP contribution in [-0.4, -0.2) is 24.5 Å². The molecule has 0 bridgehead atoms. The third kappa shape index (κ3) is 5.26. The maximum atomic E-state index is 4.28. The molecule has 2 N–H and O–H groups in total. The van der Waals surface area contributed by atoms with Gasteiger partial charge in [-0.05, 0) is 31.0 Å². The van der Waals surface area contributed by atoms with Crippen molar-refractivity contribution in [2.45, 2.75) is 19.9 Å². The molecule has 0 unspecified atom stereocenters. The minimum atomic E-state index is 0.672. The van der Waals surface area contributed by atoms with Crippen LogP contribution in [0.25, 0.3) is 0 Å². The number of nitrogens with zero attached hydrogens (tertiary/aromatic N) is 2. The van der Waals surface area contributed by atoms with Crippen LogP contribution >= 0.6 is 0 Å². The zero-order valence-electron chi connectivity index (χ0n) is 12.6. The van der Waals surface area contributed by atoms with Gasteiger partial charge in [-0.2, -0.15) is 0 Å². The number of hydrogen-bond acceptors (Lipinski definition) is 2. The van der Waals surface area contributed by atoms with Gasteiger partial charge in [0.05, 0.1) is 12.2 Å². The van der Waals surface area contributed by atoms with E-state index in [2.05, 4.69) is 51.8 Å². The topological polar surface area (TPSA) is 49.3 Å². The third-order valence-electron chi connectivity index (χ3n) is 3.21. The third-order valence-corrected chi connectivity index (χ3v) is 3.21. The molecule has 0 amide bonds. The van der Waals surface area contributed by atoms with Gasteiger partial charge in [-0.15, -0.1) is 0 Å². The van der Waals surface area contributed by atoms with Crippen LogP contribution in [0, 0.1) is 6.92 Å². The molecule has 0 saturated heterocycles. The van der Waals surface area contributed by atoms with Crippen LogP contribution in [-0.2, 0) is 13.0 Å². The van der Waals surface area contributed by atoms with Crippen molar-refractivity contribution in [3.05, 3.63) is 65.5 Å². The van der Waals surface area contributed by atoms with Crippen molar-refractivity contribution in [3.63, 3.8) is 0 Å². The molecule has 2 aromatic rings. The zero-order chi connectivity index (χ0) is 14.9. The maximum absolute atomic E-state index is 4.28. The summed E-state index contributed by atoms with van der Waals surface area (Å²) < 4.78 is 0. The van der Waals surface area contributed by atoms with Gasteiger partial charge in [-0.25, -0.2) is 0 Å². The number of rotatable bonds is 5. The first-order valence-electron chi connectivity index (χ1n) is 7.18. The lowest BCUT2D eigenvalue weighted by molar-refractivity contribution is 0.783. The van der Waals surface area contributed by atoms with Gasteiger partial charge < -0.3 is 10.6 Å². The quantitative estimate of drug-likeness (QED) is 0.653. The highest BCUT2D eigenvalue weighted by Gasteiger charge is 1.99. The van der Waals surface area contributed by atoms with Crippen molar-refractivity contribution in [1.29, 1.82) is 0 Å². The van der Waals surface area contributed by atoms with E-state index >= 15 is 0 Å². The zero-order valence-corrected chi connectivity index (χ0v) is 12.6. The summed E-state index contributed by atoms with van der Waals surface area (Å²) in [7, 11) is 1.78. The first-order valence-corrected chi connectivity index (χ1v) is 7.18. The Balaban J connectivity index is 1.74. The lowest BCUT2D eigenvalue weighted by Crippen LogP contribution is -2.38. The summed E-state index contributed by atoms with van der Waals surface area (Å²) in [5.41, 5.74) is 3.62. The van der Waals surface area contributed by atoms with Crippen molar-refractivity contribution in [2.75, 3.05) is 13.6 Å². The molecule has 1 heterocycles. The first-order chi connectivity index (χ1) is 10.3. The highest BCUT2D eigenvalue weighted by atomic mass is 15.2. The van der Waals surface area contributed by atoms with Crippen LogP contribution in [0.5, 0.6) is 0 Å². The molecule has 0 saturated carbocycles. The number of guanidine groups is 1. The number of aromatic nitrogens is 1. The van der Waals surface area contributed by atoms with Crippen molar-refractivity contribution < 1.29 is 0 Å². The van der Waals surface area contributed by atoms with E-state index in [-0.39, 0.29) is 0 Å². The molecule has 2 rings (SSSR count). The standard InChI is InChI=1S/C17H22N4/c1-14-6-8-15(9-7-14)10-12-20-17(18-2)21-13-16-5-3-4-11-19-16/h3-9,11H,10,12-13H2,1-2H3,(H2,18,20,21). The number of hydrogen-bond donors (Lipinski definition) is 2. The minimum absolute atomic E-state index is 0.672. The van der Waals surface area contributed by atoms with Gasteiger partial charge in [0.25, 0.3) is 0 Å². The Labute approximate surface area is 126 Å². The summed E-state index contributed by atoms with van der Waals surface area (Å²) in [5, 5.41) is 6.57. The van der Waals surface area contributed by atoms with Crippen molar-refractivity contribution in [2.24, 2.45) is 4.99 Å². The molecule has 0 fully saturated rings. The maximum Gasteiger partial charge on any atom is 0.191 e. The van der Waals surface area contributed by atoms with Gasteiger partial charge >= 0.3 is 0 Å². The fraction of sp³-hybridized carbons (Fsp3) is 0.294. The predicted octanol–water partition coefficient (Wildman–Crippen LogP) is 2.30. The first kappa shape index (κ1) is 15.0. The monoisotopic (exact) mass is 282 g/mol. The average molecular weight is 282 g/mol. The van der Waals surface area contributed by atoms with Gasteiger partial charge in [0, 0.05) is 19.8 Å². The van der Waals surface area contributed by atoms with Crippen molar-refractivity contribution in [3.8, 4) is 0 Å². The molecule has 110 valence electrons. The van der Waals surface area contributed by atoms with E-state index in [1.54, 1.807) is 13.2 Å². The summed E-state index contributed by atoms with van der Waals surface area (Å²) in [5.74, 6) is 0.799. The van der Waals surface area contributed by atoms with Crippen LogP contribution in [0.2, 0.25) is 0 Å². The van der Waals surface area contributed by atoms with E-state index in [0.717, 1.165) is 24.6 Å². The van der Waals surface area contributed by atoms with E-state index < -0.39 is 0 Å². The summed E-state index contributed by atoms with van der Waals surface area (Å²) in [4.78, 5) is 8.49. The number of nitrogens with one attached hydrogen (secondary N) is 2. The summed E-state index contributed by atoms with van der Waals surface area (Å²) in [6, 6.07) is 14.5. The molecule has 0 aliphatic carbocycles. The average Bonchev–Trinajstić information content (AvgIpc) is 2.53. The van der Waals surface area contributed by atoms with E-state index in [0.29, 0.717) is 6.54 Å². The second-order valence-electron chi connectivity index (χ2n) is 4.91. The Morgan fingerprint density at radius 1 is 1.10 bits per heavy atom. The van der Waals surface area contributed by atoms with E-state index in [1.807, 2.05) is 18.2 Å². The van der Waals surface area contributed by atoms with Crippen molar-refractivity contribution in [1.82, 2.24) is 15.6 Å². The van der Waals surface area contributed by atoms with E-state index in [9.17, 15) is 0 Å². The van der Waals surface area contributed by atoms with Crippen molar-refractivity contribution >= 4 is 5.96 Å². The highest BCUT2D eigenvalue weighted by molar-refractivity contribution is 5.79. The SMILES string of the molecule is CN=C(NCCc1ccc(C)cc1)NCc1ccccn1. The number of aryl methyl sites for hydroxylation is 1. The molecular weight excluding hydrogens is 260 g/mol. The fourth-order valence-electron chi connectivity index (χ4n) is 1.98. The van der Waals surface area contributed by atoms with Gasteiger partial charge in [-0.1, -0.05) is 35.9 Å². The predicted molar refractivity (Wildman–Crippen MR) is 87.3 cm³/mol. The molecule has 0 aliphatic heterocycles. The molecule has 1 aromatic carbocycles. The van der Waals surface area contributed by atoms with Crippen LogP contribution in [0.3, 0.4) is 0 Å². The largest absolute Gasteiger partial charge is 0.356 e. The second-order valence-corrected chi connectivity index (χ2v) is 4.91. The summed E-state index contributed by atoms with van der Waals surface area (Å²) in [6.45, 7) is 3.63. The lowest BCUT2D eigenvalue weighted by Gasteiger charge is -2.11. The van der Waals surface area contributed by atoms with Crippen LogP contribution in [0.15, 0.2) is 53.7 Å². The summed E-state index contributed by atoms with van der Waals surface area (Å²) >= 11 is 0. The molecule has 21 heavy (non-hydrogen) atoms. The molecule has 1 aromatic heterocycles. The molecule has 0 radical (unpaired) electrons. The van der Waals surface area contributed by atoms with E-state index in [4.69, 9.17) is 0 Å². The minimum Gasteiger partial charge on any atom is -0.356 e. The van der Waals surface area contributed by atoms with Gasteiger partial charge in [0.1, 0.15) is 0 Å². The fourth-order valence-corrected chi connectivity index (χ4v) is 1.98. The molecular formula is C17H22N4. The number of pyridine rings is 1. The number of aliphatic imine (C=N–C) groups is 1. The smallest absolute Gasteiger partial charge is 0.191 e. The second kappa shape index (κ2) is 8.04. The Bertz CT molecular complexity index is 561. The molecule has 0 aliphatic rings. The molecule has 4 nitrogen and oxygen atoms in total. The molecule has 4 heteroatoms. The Morgan fingerprint density at radius 3 is 2.57 bits per heavy atom. The normalized spacial score (nSPS) is 11.2. The van der Waals surface area contributed by atoms with Crippen LogP contribution in [0.1, 0.15) is 16.8 Å². The molecule has 0 spiro atoms. The Kier molecular flexibility index (Phi) is 5.76. The Hall–Kier alpha value is -2.36. The van der Waals surface area contributed by atoms with Crippen LogP contribution < -0.4 is 10.6 Å². The molecule has 0 atom stereocenters. The van der Waals surface area contributed by atoms with E-state index in [1.165, 1.54) is 11.1 Å². The van der Waals surface area contributed by atoms with Crippen LogP contribution in [0.4, 0.5) is 0 Å². The van der Waals surface area contributed by atoms with Gasteiger partial charge in [0.15, 0.2) is 5.96 Å². The number of benzene rings is 1. The highest BCUT2D eigenvalue weighted by Crippen LogP contribution is 2.03. The van der Waals surface area contributed by atoms with Gasteiger partial charge in [0.2, 0.25) is 0 Å². The van der Waals surface area contributed by atoms with Gasteiger partial charge in [-0.3, -0.25) is 9.98 Å². The lowest BCUT2D eigenvalue weighted by atomic mass is 10.1. The summed E-state index contributed by atoms with van der Waals surface area (Å²) in [6.07, 6.45) is 2.77.